The molecule has 1 saturated heterocycles. The Hall–Kier alpha value is -3.23. The van der Waals surface area contributed by atoms with E-state index in [-0.39, 0.29) is 6.61 Å². The van der Waals surface area contributed by atoms with Gasteiger partial charge in [-0.2, -0.15) is 36.7 Å². The zero-order valence-corrected chi connectivity index (χ0v) is 20.1. The van der Waals surface area contributed by atoms with Gasteiger partial charge in [0.1, 0.15) is 29.9 Å². The molecule has 1 aromatic carbocycles. The maximum absolute atomic E-state index is 13.4. The molecule has 3 rings (SSSR count). The Morgan fingerprint density at radius 2 is 1.89 bits per heavy atom. The highest BCUT2D eigenvalue weighted by molar-refractivity contribution is 7.86. The van der Waals surface area contributed by atoms with E-state index in [4.69, 9.17) is 27.9 Å². The molecule has 1 aromatic heterocycles. The summed E-state index contributed by atoms with van der Waals surface area (Å²) in [6.07, 6.45) is -8.44. The van der Waals surface area contributed by atoms with E-state index in [1.54, 1.807) is 0 Å². The second kappa shape index (κ2) is 10.3. The molecular formula is C18H10Cl2F6N4O6S. The molecule has 1 fully saturated rings. The molecule has 2 heterocycles. The van der Waals surface area contributed by atoms with Crippen LogP contribution < -0.4 is 4.90 Å². The number of amides is 1. The van der Waals surface area contributed by atoms with Gasteiger partial charge in [0.05, 0.1) is 15.6 Å². The molecule has 2 unspecified atom stereocenters. The molecule has 0 bridgehead atoms. The Balaban J connectivity index is 2.17. The zero-order chi connectivity index (χ0) is 27.9. The Labute approximate surface area is 214 Å². The summed E-state index contributed by atoms with van der Waals surface area (Å²) in [7, 11) is -3.14. The van der Waals surface area contributed by atoms with Crippen molar-refractivity contribution in [3.8, 4) is 11.8 Å². The van der Waals surface area contributed by atoms with Gasteiger partial charge in [-0.1, -0.05) is 23.2 Å². The number of aromatic nitrogens is 2. The number of hydrogen-bond acceptors (Lipinski definition) is 8. The molecular weight excluding hydrogens is 585 g/mol. The molecule has 1 aliphatic rings. The third kappa shape index (κ3) is 5.86. The van der Waals surface area contributed by atoms with E-state index < -0.39 is 85.1 Å². The molecule has 0 spiro atoms. The van der Waals surface area contributed by atoms with Crippen molar-refractivity contribution in [3.63, 3.8) is 0 Å². The third-order valence-electron chi connectivity index (χ3n) is 4.51. The van der Waals surface area contributed by atoms with Gasteiger partial charge in [0.15, 0.2) is 28.4 Å². The first-order valence-corrected chi connectivity index (χ1v) is 11.3. The van der Waals surface area contributed by atoms with Crippen LogP contribution in [-0.2, 0) is 31.2 Å². The van der Waals surface area contributed by atoms with Gasteiger partial charge in [0, 0.05) is 7.05 Å². The van der Waals surface area contributed by atoms with Crippen LogP contribution in [0.15, 0.2) is 17.0 Å². The molecule has 1 amide bonds. The number of benzene rings is 1. The SMILES string of the molecule is CN(C(=O)OCC1COC(=O)O1)c1c(S(=O)C(F)(F)F)c(C#N)nn1-c1c(Cl)cc(C(F)(F)F)cc1Cl. The van der Waals surface area contributed by atoms with Crippen LogP contribution in [0.3, 0.4) is 0 Å². The highest BCUT2D eigenvalue weighted by atomic mass is 35.5. The molecule has 0 aliphatic carbocycles. The van der Waals surface area contributed by atoms with Crippen molar-refractivity contribution in [1.29, 1.82) is 5.26 Å². The number of cyclic esters (lactones) is 2. The maximum Gasteiger partial charge on any atom is 0.508 e. The van der Waals surface area contributed by atoms with E-state index in [9.17, 15) is 45.4 Å². The molecule has 2 atom stereocenters. The van der Waals surface area contributed by atoms with Crippen molar-refractivity contribution in [2.24, 2.45) is 0 Å². The summed E-state index contributed by atoms with van der Waals surface area (Å²) < 4.78 is 106. The van der Waals surface area contributed by atoms with Crippen LogP contribution in [-0.4, -0.2) is 58.1 Å². The first kappa shape index (κ1) is 28.3. The van der Waals surface area contributed by atoms with Crippen LogP contribution in [0, 0.1) is 11.3 Å². The van der Waals surface area contributed by atoms with E-state index in [1.807, 2.05) is 0 Å². The van der Waals surface area contributed by atoms with Crippen LogP contribution in [0.25, 0.3) is 5.69 Å². The number of carbonyl (C=O) groups is 2. The number of nitriles is 1. The minimum Gasteiger partial charge on any atom is -0.445 e. The standard InChI is InChI=1S/C18H10Cl2F6N4O6S/c1-29(15(31)34-5-8-6-35-16(32)36-8)14-13(37(33)18(24,25)26)11(4-27)28-30(14)12-9(19)2-7(3-10(12)20)17(21,22)23/h2-3,8H,5-6H2,1H3. The average molecular weight is 595 g/mol. The Morgan fingerprint density at radius 1 is 1.30 bits per heavy atom. The molecule has 0 N–H and O–H groups in total. The summed E-state index contributed by atoms with van der Waals surface area (Å²) in [5, 5.41) is 11.4. The van der Waals surface area contributed by atoms with Gasteiger partial charge >= 0.3 is 23.9 Å². The molecule has 0 radical (unpaired) electrons. The molecule has 37 heavy (non-hydrogen) atoms. The number of nitrogens with zero attached hydrogens (tertiary/aromatic N) is 4. The minimum absolute atomic E-state index is 0.299. The minimum atomic E-state index is -5.46. The van der Waals surface area contributed by atoms with Gasteiger partial charge in [-0.15, -0.1) is 0 Å². The number of halogens is 8. The topological polar surface area (TPSA) is 124 Å². The van der Waals surface area contributed by atoms with Crippen molar-refractivity contribution in [2.45, 2.75) is 22.7 Å². The Kier molecular flexibility index (Phi) is 7.86. The van der Waals surface area contributed by atoms with E-state index in [2.05, 4.69) is 14.6 Å². The van der Waals surface area contributed by atoms with Crippen LogP contribution in [0.4, 0.5) is 41.7 Å². The smallest absolute Gasteiger partial charge is 0.445 e. The molecule has 10 nitrogen and oxygen atoms in total. The van der Waals surface area contributed by atoms with Gasteiger partial charge in [0.2, 0.25) is 0 Å². The fraction of sp³-hybridized carbons (Fsp3) is 0.333. The fourth-order valence-electron chi connectivity index (χ4n) is 2.93. The van der Waals surface area contributed by atoms with Crippen LogP contribution in [0.2, 0.25) is 10.0 Å². The first-order chi connectivity index (χ1) is 17.1. The largest absolute Gasteiger partial charge is 0.508 e. The number of anilines is 1. The quantitative estimate of drug-likeness (QED) is 0.357. The van der Waals surface area contributed by atoms with E-state index in [0.29, 0.717) is 21.7 Å². The van der Waals surface area contributed by atoms with Crippen LogP contribution >= 0.6 is 23.2 Å². The lowest BCUT2D eigenvalue weighted by atomic mass is 10.2. The van der Waals surface area contributed by atoms with E-state index in [0.717, 1.165) is 7.05 Å². The molecule has 0 saturated carbocycles. The van der Waals surface area contributed by atoms with Crippen LogP contribution in [0.1, 0.15) is 11.3 Å². The monoisotopic (exact) mass is 594 g/mol. The van der Waals surface area contributed by atoms with Gasteiger partial charge in [-0.05, 0) is 12.1 Å². The summed E-state index contributed by atoms with van der Waals surface area (Å²) in [6.45, 7) is -0.917. The van der Waals surface area contributed by atoms with Gasteiger partial charge < -0.3 is 14.2 Å². The molecule has 1 aliphatic heterocycles. The lowest BCUT2D eigenvalue weighted by Crippen LogP contribution is -2.33. The normalized spacial score (nSPS) is 16.5. The fourth-order valence-corrected chi connectivity index (χ4v) is 4.46. The van der Waals surface area contributed by atoms with Crippen LogP contribution in [0.5, 0.6) is 0 Å². The lowest BCUT2D eigenvalue weighted by molar-refractivity contribution is -0.137. The lowest BCUT2D eigenvalue weighted by Gasteiger charge is -2.22. The zero-order valence-electron chi connectivity index (χ0n) is 17.8. The Morgan fingerprint density at radius 3 is 2.35 bits per heavy atom. The summed E-state index contributed by atoms with van der Waals surface area (Å²) in [5.74, 6) is -1.000. The van der Waals surface area contributed by atoms with Crippen molar-refractivity contribution >= 4 is 52.1 Å². The molecule has 200 valence electrons. The second-order valence-electron chi connectivity index (χ2n) is 6.96. The highest BCUT2D eigenvalue weighted by Crippen LogP contribution is 2.42. The predicted molar refractivity (Wildman–Crippen MR) is 112 cm³/mol. The number of carbonyl (C=O) groups excluding carboxylic acids is 2. The Bertz CT molecular complexity index is 1300. The average Bonchev–Trinajstić information content (AvgIpc) is 3.37. The number of hydrogen-bond donors (Lipinski definition) is 0. The van der Waals surface area contributed by atoms with E-state index >= 15 is 0 Å². The summed E-state index contributed by atoms with van der Waals surface area (Å²) in [6, 6.07) is 2.05. The van der Waals surface area contributed by atoms with Gasteiger partial charge in [-0.3, -0.25) is 4.90 Å². The summed E-state index contributed by atoms with van der Waals surface area (Å²) in [5.41, 5.74) is -8.54. The molecule has 19 heteroatoms. The maximum atomic E-state index is 13.4. The second-order valence-corrected chi connectivity index (χ2v) is 9.19. The molecule has 2 aromatic rings. The number of ether oxygens (including phenoxy) is 3. The third-order valence-corrected chi connectivity index (χ3v) is 6.25. The number of rotatable bonds is 5. The van der Waals surface area contributed by atoms with Crippen molar-refractivity contribution in [1.82, 2.24) is 9.78 Å². The summed E-state index contributed by atoms with van der Waals surface area (Å²) in [4.78, 5) is 22.6. The van der Waals surface area contributed by atoms with E-state index in [1.165, 1.54) is 6.07 Å². The predicted octanol–water partition coefficient (Wildman–Crippen LogP) is 4.81. The van der Waals surface area contributed by atoms with Gasteiger partial charge in [-0.25, -0.2) is 18.5 Å². The highest BCUT2D eigenvalue weighted by Gasteiger charge is 2.45. The number of alkyl halides is 6. The first-order valence-electron chi connectivity index (χ1n) is 9.38. The van der Waals surface area contributed by atoms with Crippen molar-refractivity contribution in [2.75, 3.05) is 25.2 Å². The summed E-state index contributed by atoms with van der Waals surface area (Å²) >= 11 is 11.9. The van der Waals surface area contributed by atoms with Gasteiger partial charge in [0.25, 0.3) is 0 Å². The van der Waals surface area contributed by atoms with Crippen molar-refractivity contribution in [3.05, 3.63) is 33.4 Å². The van der Waals surface area contributed by atoms with Crippen molar-refractivity contribution < 1.29 is 54.4 Å².